The molecule has 3 rings (SSSR count). The molecule has 1 aromatic heterocycles. The molecular formula is C26H28N2O3. The van der Waals surface area contributed by atoms with Crippen LogP contribution in [0.3, 0.4) is 0 Å². The molecule has 2 amide bonds. The van der Waals surface area contributed by atoms with Crippen LogP contribution in [0.5, 0.6) is 0 Å². The number of nitrogens with one attached hydrogen (secondary N) is 2. The van der Waals surface area contributed by atoms with Gasteiger partial charge in [0.05, 0.1) is 12.3 Å². The van der Waals surface area contributed by atoms with Crippen molar-refractivity contribution in [2.45, 2.75) is 39.2 Å². The highest BCUT2D eigenvalue weighted by molar-refractivity contribution is 6.05. The van der Waals surface area contributed by atoms with Crippen LogP contribution in [0.4, 0.5) is 0 Å². The summed E-state index contributed by atoms with van der Waals surface area (Å²) in [6.45, 7) is 8.39. The molecule has 0 spiro atoms. The first-order chi connectivity index (χ1) is 14.7. The zero-order valence-electron chi connectivity index (χ0n) is 18.3. The molecule has 0 aliphatic rings. The zero-order valence-corrected chi connectivity index (χ0v) is 18.3. The van der Waals surface area contributed by atoms with Gasteiger partial charge >= 0.3 is 0 Å². The van der Waals surface area contributed by atoms with Gasteiger partial charge in [0.15, 0.2) is 0 Å². The lowest BCUT2D eigenvalue weighted by Gasteiger charge is -2.21. The van der Waals surface area contributed by atoms with Gasteiger partial charge in [-0.1, -0.05) is 63.2 Å². The van der Waals surface area contributed by atoms with Gasteiger partial charge in [0.1, 0.15) is 11.5 Å². The summed E-state index contributed by atoms with van der Waals surface area (Å²) in [6, 6.07) is 20.1. The molecule has 0 aliphatic heterocycles. The van der Waals surface area contributed by atoms with Gasteiger partial charge in [-0.05, 0) is 47.7 Å². The second-order valence-corrected chi connectivity index (χ2v) is 8.46. The van der Waals surface area contributed by atoms with Crippen molar-refractivity contribution < 1.29 is 14.0 Å². The molecule has 0 radical (unpaired) electrons. The van der Waals surface area contributed by atoms with Crippen molar-refractivity contribution in [3.63, 3.8) is 0 Å². The first kappa shape index (κ1) is 22.1. The molecule has 1 atom stereocenters. The molecule has 0 saturated carbocycles. The fraction of sp³-hybridized carbons (Fsp3) is 0.231. The van der Waals surface area contributed by atoms with Gasteiger partial charge in [-0.2, -0.15) is 0 Å². The summed E-state index contributed by atoms with van der Waals surface area (Å²) >= 11 is 0. The molecule has 5 nitrogen and oxygen atoms in total. The van der Waals surface area contributed by atoms with Gasteiger partial charge in [0, 0.05) is 11.6 Å². The number of furan rings is 1. The number of carbonyl (C=O) groups excluding carboxylic acids is 2. The Labute approximate surface area is 183 Å². The largest absolute Gasteiger partial charge is 0.465 e. The smallest absolute Gasteiger partial charge is 0.268 e. The van der Waals surface area contributed by atoms with Crippen LogP contribution in [0.25, 0.3) is 6.08 Å². The van der Waals surface area contributed by atoms with Crippen LogP contribution in [0.15, 0.2) is 83.1 Å². The van der Waals surface area contributed by atoms with Crippen molar-refractivity contribution in [1.29, 1.82) is 0 Å². The predicted molar refractivity (Wildman–Crippen MR) is 122 cm³/mol. The first-order valence-corrected chi connectivity index (χ1v) is 10.3. The number of rotatable bonds is 6. The minimum atomic E-state index is -0.395. The molecule has 5 heteroatoms. The Hall–Kier alpha value is -3.60. The summed E-state index contributed by atoms with van der Waals surface area (Å²) in [5.74, 6) is -0.287. The summed E-state index contributed by atoms with van der Waals surface area (Å²) in [6.07, 6.45) is 3.03. The summed E-state index contributed by atoms with van der Waals surface area (Å²) in [7, 11) is 0. The minimum absolute atomic E-state index is 0.0612. The lowest BCUT2D eigenvalue weighted by atomic mass is 9.86. The fourth-order valence-electron chi connectivity index (χ4n) is 3.09. The Morgan fingerprint density at radius 3 is 2.19 bits per heavy atom. The predicted octanol–water partition coefficient (Wildman–Crippen LogP) is 5.23. The number of hydrogen-bond donors (Lipinski definition) is 2. The highest BCUT2D eigenvalue weighted by Gasteiger charge is 2.19. The van der Waals surface area contributed by atoms with Crippen LogP contribution < -0.4 is 10.6 Å². The number of carbonyl (C=O) groups is 2. The molecule has 0 unspecified atom stereocenters. The molecule has 3 aromatic rings. The molecule has 31 heavy (non-hydrogen) atoms. The lowest BCUT2D eigenvalue weighted by molar-refractivity contribution is -0.118. The van der Waals surface area contributed by atoms with Crippen molar-refractivity contribution in [3.8, 4) is 0 Å². The molecule has 160 valence electrons. The minimum Gasteiger partial charge on any atom is -0.465 e. The maximum atomic E-state index is 13.0. The average molecular weight is 417 g/mol. The molecule has 0 aliphatic carbocycles. The van der Waals surface area contributed by atoms with E-state index in [1.807, 2.05) is 25.1 Å². The normalized spacial score (nSPS) is 12.8. The van der Waals surface area contributed by atoms with Crippen LogP contribution >= 0.6 is 0 Å². The van der Waals surface area contributed by atoms with Crippen LogP contribution in [0, 0.1) is 0 Å². The van der Waals surface area contributed by atoms with E-state index in [1.165, 1.54) is 17.9 Å². The molecule has 2 N–H and O–H groups in total. The van der Waals surface area contributed by atoms with Crippen LogP contribution in [0.2, 0.25) is 0 Å². The fourth-order valence-corrected chi connectivity index (χ4v) is 3.09. The van der Waals surface area contributed by atoms with Crippen molar-refractivity contribution in [2.75, 3.05) is 0 Å². The highest BCUT2D eigenvalue weighted by atomic mass is 16.3. The Kier molecular flexibility index (Phi) is 6.75. The van der Waals surface area contributed by atoms with Crippen LogP contribution in [-0.2, 0) is 10.2 Å². The van der Waals surface area contributed by atoms with Gasteiger partial charge in [0.25, 0.3) is 11.8 Å². The van der Waals surface area contributed by atoms with Crippen molar-refractivity contribution in [3.05, 3.63) is 101 Å². The lowest BCUT2D eigenvalue weighted by Crippen LogP contribution is -2.36. The zero-order chi connectivity index (χ0) is 22.4. The summed E-state index contributed by atoms with van der Waals surface area (Å²) in [4.78, 5) is 25.6. The second-order valence-electron chi connectivity index (χ2n) is 8.46. The van der Waals surface area contributed by atoms with Gasteiger partial charge in [-0.3, -0.25) is 9.59 Å². The molecule has 0 fully saturated rings. The summed E-state index contributed by atoms with van der Waals surface area (Å²) in [5.41, 5.74) is 2.84. The highest BCUT2D eigenvalue weighted by Crippen LogP contribution is 2.24. The monoisotopic (exact) mass is 416 g/mol. The van der Waals surface area contributed by atoms with E-state index in [0.717, 1.165) is 5.56 Å². The van der Waals surface area contributed by atoms with E-state index in [1.54, 1.807) is 36.4 Å². The maximum Gasteiger partial charge on any atom is 0.268 e. The van der Waals surface area contributed by atoms with Crippen molar-refractivity contribution >= 4 is 17.9 Å². The Bertz CT molecular complexity index is 1040. The van der Waals surface area contributed by atoms with Crippen molar-refractivity contribution in [1.82, 2.24) is 10.6 Å². The Morgan fingerprint density at radius 1 is 0.935 bits per heavy atom. The van der Waals surface area contributed by atoms with E-state index in [4.69, 9.17) is 4.42 Å². The molecular weight excluding hydrogens is 388 g/mol. The maximum absolute atomic E-state index is 13.0. The molecule has 2 aromatic carbocycles. The first-order valence-electron chi connectivity index (χ1n) is 10.3. The quantitative estimate of drug-likeness (QED) is 0.541. The van der Waals surface area contributed by atoms with E-state index in [0.29, 0.717) is 11.3 Å². The summed E-state index contributed by atoms with van der Waals surface area (Å²) < 4.78 is 5.33. The Balaban J connectivity index is 1.77. The van der Waals surface area contributed by atoms with Crippen LogP contribution in [0.1, 0.15) is 61.0 Å². The van der Waals surface area contributed by atoms with Gasteiger partial charge in [0.2, 0.25) is 0 Å². The molecule has 1 heterocycles. The summed E-state index contributed by atoms with van der Waals surface area (Å²) in [5, 5.41) is 5.67. The topological polar surface area (TPSA) is 71.3 Å². The number of hydrogen-bond acceptors (Lipinski definition) is 3. The van der Waals surface area contributed by atoms with Gasteiger partial charge in [-0.25, -0.2) is 0 Å². The third-order valence-corrected chi connectivity index (χ3v) is 4.98. The van der Waals surface area contributed by atoms with E-state index < -0.39 is 5.91 Å². The van der Waals surface area contributed by atoms with E-state index in [9.17, 15) is 9.59 Å². The average Bonchev–Trinajstić information content (AvgIpc) is 3.26. The third kappa shape index (κ3) is 5.95. The number of benzene rings is 2. The van der Waals surface area contributed by atoms with E-state index >= 15 is 0 Å². The van der Waals surface area contributed by atoms with E-state index in [2.05, 4.69) is 43.5 Å². The molecule has 0 bridgehead atoms. The second kappa shape index (κ2) is 9.47. The SMILES string of the molecule is C[C@H](NC(=O)/C(=C/c1ccco1)NC(=O)c1ccccc1)c1ccc(C(C)(C)C)cc1. The Morgan fingerprint density at radius 2 is 1.61 bits per heavy atom. The van der Waals surface area contributed by atoms with E-state index in [-0.39, 0.29) is 23.1 Å². The van der Waals surface area contributed by atoms with Crippen LogP contribution in [-0.4, -0.2) is 11.8 Å². The standard InChI is InChI=1S/C26H28N2O3/c1-18(19-12-14-21(15-13-19)26(2,3)4)27-25(30)23(17-22-11-8-16-31-22)28-24(29)20-9-6-5-7-10-20/h5-18H,1-4H3,(H,27,30)(H,28,29)/b23-17-/t18-/m0/s1. The number of amides is 2. The van der Waals surface area contributed by atoms with Crippen molar-refractivity contribution in [2.24, 2.45) is 0 Å². The van der Waals surface area contributed by atoms with Gasteiger partial charge < -0.3 is 15.1 Å². The van der Waals surface area contributed by atoms with Gasteiger partial charge in [-0.15, -0.1) is 0 Å². The third-order valence-electron chi connectivity index (χ3n) is 4.98. The molecule has 0 saturated heterocycles.